The second-order valence-corrected chi connectivity index (χ2v) is 11.7. The highest BCUT2D eigenvalue weighted by atomic mass is 32.2. The van der Waals surface area contributed by atoms with Crippen LogP contribution in [0.15, 0.2) is 64.4 Å². The van der Waals surface area contributed by atoms with E-state index in [2.05, 4.69) is 0 Å². The Labute approximate surface area is 230 Å². The van der Waals surface area contributed by atoms with E-state index in [1.165, 1.54) is 15.1 Å². The number of rotatable bonds is 7. The van der Waals surface area contributed by atoms with Gasteiger partial charge in [0.1, 0.15) is 18.1 Å². The van der Waals surface area contributed by atoms with Crippen molar-refractivity contribution in [3.05, 3.63) is 98.6 Å². The van der Waals surface area contributed by atoms with Crippen molar-refractivity contribution in [1.82, 2.24) is 8.87 Å². The quantitative estimate of drug-likeness (QED) is 0.285. The van der Waals surface area contributed by atoms with E-state index in [0.717, 1.165) is 22.8 Å². The first kappa shape index (κ1) is 27.7. The Kier molecular flexibility index (Phi) is 7.32. The summed E-state index contributed by atoms with van der Waals surface area (Å²) in [5, 5.41) is -0.0470. The number of aryl methyl sites for hydroxylation is 3. The highest BCUT2D eigenvalue weighted by Gasteiger charge is 2.31. The average Bonchev–Trinajstić information content (AvgIpc) is 3.35. The molecule has 1 aliphatic rings. The number of carbonyl (C=O) groups excluding carboxylic acids is 1. The molecule has 4 aromatic rings. The summed E-state index contributed by atoms with van der Waals surface area (Å²) in [7, 11) is -3.73. The van der Waals surface area contributed by atoms with E-state index in [1.54, 1.807) is 56.3 Å². The maximum absolute atomic E-state index is 15.7. The van der Waals surface area contributed by atoms with Crippen molar-refractivity contribution < 1.29 is 26.7 Å². The van der Waals surface area contributed by atoms with Crippen LogP contribution in [0.3, 0.4) is 0 Å². The van der Waals surface area contributed by atoms with Gasteiger partial charge in [-0.3, -0.25) is 4.79 Å². The Balaban J connectivity index is 1.58. The molecule has 0 bridgehead atoms. The van der Waals surface area contributed by atoms with Crippen molar-refractivity contribution in [1.29, 1.82) is 0 Å². The second kappa shape index (κ2) is 10.6. The summed E-state index contributed by atoms with van der Waals surface area (Å²) < 4.78 is 63.4. The number of hydrogen-bond donors (Lipinski definition) is 0. The Hall–Kier alpha value is -3.89. The van der Waals surface area contributed by atoms with Crippen molar-refractivity contribution in [3.63, 3.8) is 0 Å². The van der Waals surface area contributed by atoms with Crippen LogP contribution in [0.4, 0.5) is 8.78 Å². The predicted molar refractivity (Wildman–Crippen MR) is 148 cm³/mol. The van der Waals surface area contributed by atoms with Crippen molar-refractivity contribution in [2.24, 2.45) is 0 Å². The summed E-state index contributed by atoms with van der Waals surface area (Å²) in [6, 6.07) is 13.0. The van der Waals surface area contributed by atoms with Crippen LogP contribution in [-0.4, -0.2) is 36.5 Å². The van der Waals surface area contributed by atoms with Crippen molar-refractivity contribution in [3.8, 4) is 11.1 Å². The lowest BCUT2D eigenvalue weighted by Crippen LogP contribution is -2.25. The first-order valence-electron chi connectivity index (χ1n) is 12.8. The average molecular weight is 567 g/mol. The monoisotopic (exact) mass is 566 g/mol. The number of esters is 1. The highest BCUT2D eigenvalue weighted by molar-refractivity contribution is 7.89. The Morgan fingerprint density at radius 1 is 1.02 bits per heavy atom. The van der Waals surface area contributed by atoms with Crippen LogP contribution in [0, 0.1) is 19.7 Å². The number of halogens is 2. The van der Waals surface area contributed by atoms with Crippen molar-refractivity contribution in [2.75, 3.05) is 13.3 Å². The summed E-state index contributed by atoms with van der Waals surface area (Å²) in [4.78, 5) is 25.7. The van der Waals surface area contributed by atoms with E-state index in [-0.39, 0.29) is 47.6 Å². The Morgan fingerprint density at radius 2 is 1.73 bits per heavy atom. The van der Waals surface area contributed by atoms with Gasteiger partial charge in [0, 0.05) is 30.2 Å². The Bertz CT molecular complexity index is 1820. The molecule has 0 unspecified atom stereocenters. The molecule has 1 aliphatic heterocycles. The van der Waals surface area contributed by atoms with Gasteiger partial charge in [0.25, 0.3) is 0 Å². The number of alkyl halides is 1. The van der Waals surface area contributed by atoms with Gasteiger partial charge in [-0.05, 0) is 67.3 Å². The van der Waals surface area contributed by atoms with Crippen molar-refractivity contribution in [2.45, 2.75) is 45.3 Å². The highest BCUT2D eigenvalue weighted by Crippen LogP contribution is 2.36. The number of nitrogens with zero attached hydrogens (tertiary/aromatic N) is 2. The number of hydrogen-bond acceptors (Lipinski definition) is 5. The molecule has 0 saturated carbocycles. The molecule has 0 fully saturated rings. The van der Waals surface area contributed by atoms with Gasteiger partial charge in [-0.2, -0.15) is 4.31 Å². The standard InChI is InChI=1S/C30H28F2N2O5S/c1-4-39-30(36)25-17-33(12-11-31)28-19(3)27(26(32)14-24(28)29(25)35)20-7-8-21-15-34(16-22(21)13-20)40(37,38)23-9-5-18(2)6-10-23/h5-10,13-14,17H,4,11-12,15-16H2,1-3H3. The van der Waals surface area contributed by atoms with Crippen LogP contribution in [0.25, 0.3) is 22.0 Å². The lowest BCUT2D eigenvalue weighted by Gasteiger charge is -2.18. The van der Waals surface area contributed by atoms with E-state index in [0.29, 0.717) is 16.6 Å². The number of carbonyl (C=O) groups is 1. The van der Waals surface area contributed by atoms with Crippen LogP contribution in [0.1, 0.15) is 39.5 Å². The number of aromatic nitrogens is 1. The van der Waals surface area contributed by atoms with Gasteiger partial charge >= 0.3 is 5.97 Å². The van der Waals surface area contributed by atoms with Gasteiger partial charge in [0.05, 0.1) is 23.6 Å². The number of pyridine rings is 1. The molecule has 0 spiro atoms. The molecule has 0 aliphatic carbocycles. The van der Waals surface area contributed by atoms with E-state index < -0.39 is 33.9 Å². The van der Waals surface area contributed by atoms with E-state index >= 15 is 4.39 Å². The zero-order valence-electron chi connectivity index (χ0n) is 22.3. The topological polar surface area (TPSA) is 85.7 Å². The van der Waals surface area contributed by atoms with Gasteiger partial charge < -0.3 is 9.30 Å². The van der Waals surface area contributed by atoms with Gasteiger partial charge in [-0.15, -0.1) is 0 Å². The summed E-state index contributed by atoms with van der Waals surface area (Å²) >= 11 is 0. The molecule has 0 saturated heterocycles. The second-order valence-electron chi connectivity index (χ2n) is 9.80. The van der Waals surface area contributed by atoms with Crippen molar-refractivity contribution >= 4 is 26.9 Å². The van der Waals surface area contributed by atoms with Crippen LogP contribution in [-0.2, 0) is 34.4 Å². The van der Waals surface area contributed by atoms with E-state index in [1.807, 2.05) is 6.92 Å². The van der Waals surface area contributed by atoms with Crippen LogP contribution < -0.4 is 5.43 Å². The van der Waals surface area contributed by atoms with Crippen LogP contribution >= 0.6 is 0 Å². The van der Waals surface area contributed by atoms with Gasteiger partial charge in [-0.1, -0.05) is 29.8 Å². The first-order chi connectivity index (χ1) is 19.1. The third kappa shape index (κ3) is 4.71. The fourth-order valence-corrected chi connectivity index (χ4v) is 6.65. The lowest BCUT2D eigenvalue weighted by atomic mass is 9.94. The smallest absolute Gasteiger partial charge is 0.343 e. The minimum absolute atomic E-state index is 0.0470. The summed E-state index contributed by atoms with van der Waals surface area (Å²) in [5.41, 5.74) is 2.96. The molecule has 5 rings (SSSR count). The number of sulfonamides is 1. The normalized spacial score (nSPS) is 13.5. The van der Waals surface area contributed by atoms with E-state index in [9.17, 15) is 22.4 Å². The van der Waals surface area contributed by atoms with Crippen LogP contribution in [0.5, 0.6) is 0 Å². The molecule has 0 amide bonds. The molecule has 7 nitrogen and oxygen atoms in total. The Morgan fingerprint density at radius 3 is 2.40 bits per heavy atom. The molecule has 2 heterocycles. The molecule has 0 N–H and O–H groups in total. The van der Waals surface area contributed by atoms with Crippen LogP contribution in [0.2, 0.25) is 0 Å². The predicted octanol–water partition coefficient (Wildman–Crippen LogP) is 5.28. The van der Waals surface area contributed by atoms with E-state index in [4.69, 9.17) is 4.74 Å². The zero-order chi connectivity index (χ0) is 28.8. The minimum atomic E-state index is -3.73. The fourth-order valence-electron chi connectivity index (χ4n) is 5.26. The third-order valence-electron chi connectivity index (χ3n) is 7.22. The molecular formula is C30H28F2N2O5S. The number of benzene rings is 3. The number of ether oxygens (including phenoxy) is 1. The SMILES string of the molecule is CCOC(=O)c1cn(CCF)c2c(C)c(-c3ccc4c(c3)CN(S(=O)(=O)c3ccc(C)cc3)C4)c(F)cc2c1=O. The zero-order valence-corrected chi connectivity index (χ0v) is 23.1. The fraction of sp³-hybridized carbons (Fsp3) is 0.267. The first-order valence-corrected chi connectivity index (χ1v) is 14.3. The van der Waals surface area contributed by atoms with Gasteiger partial charge in [0.15, 0.2) is 0 Å². The molecule has 10 heteroatoms. The molecular weight excluding hydrogens is 538 g/mol. The maximum Gasteiger partial charge on any atom is 0.343 e. The number of fused-ring (bicyclic) bond motifs is 2. The summed E-state index contributed by atoms with van der Waals surface area (Å²) in [5.74, 6) is -1.54. The summed E-state index contributed by atoms with van der Waals surface area (Å²) in [6.07, 6.45) is 1.26. The molecule has 3 aromatic carbocycles. The molecule has 0 atom stereocenters. The third-order valence-corrected chi connectivity index (χ3v) is 9.03. The molecule has 40 heavy (non-hydrogen) atoms. The van der Waals surface area contributed by atoms with Gasteiger partial charge in [0.2, 0.25) is 15.5 Å². The minimum Gasteiger partial charge on any atom is -0.462 e. The van der Waals surface area contributed by atoms with Gasteiger partial charge in [-0.25, -0.2) is 22.0 Å². The largest absolute Gasteiger partial charge is 0.462 e. The summed E-state index contributed by atoms with van der Waals surface area (Å²) in [6.45, 7) is 4.58. The maximum atomic E-state index is 15.7. The molecule has 1 aromatic heterocycles. The molecule has 0 radical (unpaired) electrons. The lowest BCUT2D eigenvalue weighted by molar-refractivity contribution is 0.0524. The molecule has 208 valence electrons.